The van der Waals surface area contributed by atoms with Crippen LogP contribution < -0.4 is 0 Å². The molecule has 0 radical (unpaired) electrons. The number of ether oxygens (including phenoxy) is 1. The zero-order chi connectivity index (χ0) is 19.9. The lowest BCUT2D eigenvalue weighted by Crippen LogP contribution is -2.17. The van der Waals surface area contributed by atoms with Crippen LogP contribution in [0.3, 0.4) is 0 Å². The summed E-state index contributed by atoms with van der Waals surface area (Å²) in [6.45, 7) is 1.45. The molecule has 0 aromatic heterocycles. The number of carbonyl (C=O) groups is 4. The Morgan fingerprint density at radius 3 is 2.04 bits per heavy atom. The highest BCUT2D eigenvalue weighted by molar-refractivity contribution is 6.09. The molecule has 140 valence electrons. The summed E-state index contributed by atoms with van der Waals surface area (Å²) in [5.41, 5.74) is -1.77. The second kappa shape index (κ2) is 9.21. The number of hydrogen-bond donors (Lipinski definition) is 4. The van der Waals surface area contributed by atoms with Gasteiger partial charge in [0, 0.05) is 0 Å². The second-order valence-electron chi connectivity index (χ2n) is 5.20. The van der Waals surface area contributed by atoms with Crippen molar-refractivity contribution in [3.8, 4) is 0 Å². The predicted octanol–water partition coefficient (Wildman–Crippen LogP) is 2.11. The van der Waals surface area contributed by atoms with Crippen LogP contribution in [0, 0.1) is 0 Å². The summed E-state index contributed by atoms with van der Waals surface area (Å²) in [5, 5.41) is 36.7. The monoisotopic (exact) mass is 366 g/mol. The molecule has 1 rings (SSSR count). The van der Waals surface area contributed by atoms with Crippen LogP contribution in [-0.2, 0) is 16.0 Å². The number of aliphatic hydroxyl groups is 1. The third kappa shape index (κ3) is 5.07. The molecule has 1 aromatic rings. The van der Waals surface area contributed by atoms with Gasteiger partial charge in [-0.3, -0.25) is 0 Å². The van der Waals surface area contributed by atoms with Crippen LogP contribution in [0.2, 0.25) is 0 Å². The molecule has 0 unspecified atom stereocenters. The number of hydrogen-bond acceptors (Lipinski definition) is 6. The lowest BCUT2D eigenvalue weighted by molar-refractivity contribution is -0.142. The lowest BCUT2D eigenvalue weighted by Gasteiger charge is -2.12. The quantitative estimate of drug-likeness (QED) is 0.222. The minimum atomic E-state index is -1.64. The fourth-order valence-corrected chi connectivity index (χ4v) is 2.27. The minimum Gasteiger partial charge on any atom is -0.502 e. The summed E-state index contributed by atoms with van der Waals surface area (Å²) in [5.74, 6) is -6.11. The number of unbranched alkanes of at least 4 members (excludes halogenated alkanes) is 1. The Bertz CT molecular complexity index is 762. The normalized spacial score (nSPS) is 11.0. The van der Waals surface area contributed by atoms with E-state index in [0.29, 0.717) is 12.8 Å². The Morgan fingerprint density at radius 2 is 1.54 bits per heavy atom. The van der Waals surface area contributed by atoms with Gasteiger partial charge in [-0.05, 0) is 43.9 Å². The van der Waals surface area contributed by atoms with Gasteiger partial charge in [-0.15, -0.1) is 0 Å². The Kier molecular flexibility index (Phi) is 7.33. The first kappa shape index (κ1) is 20.7. The Balaban J connectivity index is 2.89. The summed E-state index contributed by atoms with van der Waals surface area (Å²) in [6, 6.07) is 2.31. The summed E-state index contributed by atoms with van der Waals surface area (Å²) in [6.07, 6.45) is 2.02. The van der Waals surface area contributed by atoms with E-state index in [1.54, 1.807) is 0 Å². The smallest absolute Gasteiger partial charge is 0.373 e. The van der Waals surface area contributed by atoms with Crippen molar-refractivity contribution in [2.45, 2.75) is 26.2 Å². The molecule has 0 aliphatic carbocycles. The molecule has 0 aliphatic rings. The second-order valence-corrected chi connectivity index (χ2v) is 5.20. The van der Waals surface area contributed by atoms with Gasteiger partial charge in [0.2, 0.25) is 0 Å². The van der Waals surface area contributed by atoms with Gasteiger partial charge in [0.25, 0.3) is 0 Å². The molecular weight excluding hydrogens is 348 g/mol. The number of carboxylic acid groups (broad SMARTS) is 3. The average Bonchev–Trinajstić information content (AvgIpc) is 2.59. The van der Waals surface area contributed by atoms with E-state index in [1.807, 2.05) is 0 Å². The van der Waals surface area contributed by atoms with Crippen molar-refractivity contribution in [2.24, 2.45) is 0 Å². The number of aromatic carboxylic acids is 3. The minimum absolute atomic E-state index is 0.0157. The maximum absolute atomic E-state index is 11.4. The zero-order valence-electron chi connectivity index (χ0n) is 13.9. The van der Waals surface area contributed by atoms with Gasteiger partial charge in [-0.2, -0.15) is 0 Å². The number of benzene rings is 1. The molecule has 0 spiro atoms. The van der Waals surface area contributed by atoms with Crippen molar-refractivity contribution in [1.29, 1.82) is 0 Å². The van der Waals surface area contributed by atoms with Gasteiger partial charge in [-0.25, -0.2) is 19.2 Å². The van der Waals surface area contributed by atoms with Crippen molar-refractivity contribution in [2.75, 3.05) is 6.61 Å². The highest BCUT2D eigenvalue weighted by Gasteiger charge is 2.26. The Hall–Kier alpha value is -3.36. The van der Waals surface area contributed by atoms with Crippen molar-refractivity contribution in [1.82, 2.24) is 0 Å². The van der Waals surface area contributed by atoms with Gasteiger partial charge >= 0.3 is 23.9 Å². The van der Waals surface area contributed by atoms with E-state index in [1.165, 1.54) is 19.1 Å². The Labute approximate surface area is 148 Å². The van der Waals surface area contributed by atoms with E-state index in [4.69, 9.17) is 14.9 Å². The third-order valence-corrected chi connectivity index (χ3v) is 3.51. The zero-order valence-corrected chi connectivity index (χ0v) is 13.9. The van der Waals surface area contributed by atoms with Crippen molar-refractivity contribution >= 4 is 23.9 Å². The topological polar surface area (TPSA) is 158 Å². The molecule has 0 fully saturated rings. The van der Waals surface area contributed by atoms with E-state index in [9.17, 15) is 29.4 Å². The summed E-state index contributed by atoms with van der Waals surface area (Å²) in [4.78, 5) is 45.1. The van der Waals surface area contributed by atoms with E-state index in [2.05, 4.69) is 0 Å². The van der Waals surface area contributed by atoms with Gasteiger partial charge in [0.15, 0.2) is 5.76 Å². The van der Waals surface area contributed by atoms with Crippen molar-refractivity contribution < 1.29 is 44.3 Å². The molecule has 0 atom stereocenters. The molecule has 0 bridgehead atoms. The first-order chi connectivity index (χ1) is 12.2. The van der Waals surface area contributed by atoms with Crippen LogP contribution in [0.15, 0.2) is 24.0 Å². The first-order valence-electron chi connectivity index (χ1n) is 7.58. The molecule has 9 nitrogen and oxygen atoms in total. The van der Waals surface area contributed by atoms with Gasteiger partial charge < -0.3 is 25.2 Å². The molecule has 0 amide bonds. The number of carbonyl (C=O) groups excluding carboxylic acids is 1. The number of rotatable bonds is 9. The first-order valence-corrected chi connectivity index (χ1v) is 7.58. The molecule has 26 heavy (non-hydrogen) atoms. The maximum Gasteiger partial charge on any atom is 0.373 e. The molecule has 0 saturated carbocycles. The van der Waals surface area contributed by atoms with Crippen LogP contribution >= 0.6 is 0 Å². The van der Waals surface area contributed by atoms with Crippen molar-refractivity contribution in [3.05, 3.63) is 46.2 Å². The summed E-state index contributed by atoms with van der Waals surface area (Å²) in [7, 11) is 0. The van der Waals surface area contributed by atoms with Gasteiger partial charge in [0.05, 0.1) is 23.3 Å². The van der Waals surface area contributed by atoms with Crippen LogP contribution in [0.25, 0.3) is 0 Å². The molecule has 1 aromatic carbocycles. The van der Waals surface area contributed by atoms with Gasteiger partial charge in [-0.1, -0.05) is 6.07 Å². The highest BCUT2D eigenvalue weighted by Crippen LogP contribution is 2.22. The van der Waals surface area contributed by atoms with Crippen LogP contribution in [-0.4, -0.2) is 50.9 Å². The van der Waals surface area contributed by atoms with Gasteiger partial charge in [0.1, 0.15) is 0 Å². The Morgan fingerprint density at radius 1 is 0.923 bits per heavy atom. The maximum atomic E-state index is 11.4. The molecule has 9 heteroatoms. The SMILES string of the molecule is CC=C(O)C(=O)OCCCCc1ccc(C(=O)O)c(C(=O)O)c1C(=O)O. The number of aryl methyl sites for hydroxylation is 1. The van der Waals surface area contributed by atoms with Crippen LogP contribution in [0.5, 0.6) is 0 Å². The van der Waals surface area contributed by atoms with E-state index < -0.39 is 46.3 Å². The fourth-order valence-electron chi connectivity index (χ4n) is 2.27. The van der Waals surface area contributed by atoms with Crippen LogP contribution in [0.1, 0.15) is 56.4 Å². The molecule has 0 aliphatic heterocycles. The lowest BCUT2D eigenvalue weighted by atomic mass is 9.93. The fraction of sp³-hybridized carbons (Fsp3) is 0.294. The van der Waals surface area contributed by atoms with E-state index in [0.717, 1.165) is 6.07 Å². The average molecular weight is 366 g/mol. The largest absolute Gasteiger partial charge is 0.502 e. The highest BCUT2D eigenvalue weighted by atomic mass is 16.5. The standard InChI is InChI=1S/C17H18O9/c1-2-11(18)17(25)26-8-4-3-5-9-6-7-10(14(19)20)13(16(23)24)12(9)15(21)22/h2,6-7,18H,3-5,8H2,1H3,(H,19,20)(H,21,22)(H,23,24). The summed E-state index contributed by atoms with van der Waals surface area (Å²) < 4.78 is 4.78. The van der Waals surface area contributed by atoms with Crippen molar-refractivity contribution in [3.63, 3.8) is 0 Å². The van der Waals surface area contributed by atoms with E-state index >= 15 is 0 Å². The third-order valence-electron chi connectivity index (χ3n) is 3.51. The summed E-state index contributed by atoms with van der Waals surface area (Å²) >= 11 is 0. The van der Waals surface area contributed by atoms with E-state index in [-0.39, 0.29) is 18.6 Å². The molecule has 4 N–H and O–H groups in total. The number of aliphatic hydroxyl groups excluding tert-OH is 1. The molecular formula is C17H18O9. The number of allylic oxidation sites excluding steroid dienone is 1. The number of carboxylic acids is 3. The predicted molar refractivity (Wildman–Crippen MR) is 87.6 cm³/mol. The number of esters is 1. The van der Waals surface area contributed by atoms with Crippen LogP contribution in [0.4, 0.5) is 0 Å². The molecule has 0 saturated heterocycles. The molecule has 0 heterocycles.